The summed E-state index contributed by atoms with van der Waals surface area (Å²) in [5.74, 6) is -0.387. The second-order valence-corrected chi connectivity index (χ2v) is 7.12. The van der Waals surface area contributed by atoms with Crippen molar-refractivity contribution in [2.75, 3.05) is 26.2 Å². The molecular weight excluding hydrogens is 400 g/mol. The minimum atomic E-state index is -4.86. The fourth-order valence-electron chi connectivity index (χ4n) is 3.39. The van der Waals surface area contributed by atoms with Gasteiger partial charge in [-0.25, -0.2) is 14.0 Å². The molecule has 0 saturated carbocycles. The summed E-state index contributed by atoms with van der Waals surface area (Å²) in [6, 6.07) is 5.70. The highest BCUT2D eigenvalue weighted by atomic mass is 19.4. The van der Waals surface area contributed by atoms with Gasteiger partial charge in [0.05, 0.1) is 13.2 Å². The molecule has 0 aromatic heterocycles. The molecule has 160 valence electrons. The lowest BCUT2D eigenvalue weighted by Gasteiger charge is -2.37. The number of nitrogens with zero attached hydrogens (tertiary/aromatic N) is 2. The molecule has 29 heavy (non-hydrogen) atoms. The maximum atomic E-state index is 13.0. The molecule has 11 heteroatoms. The van der Waals surface area contributed by atoms with Crippen LogP contribution in [0.2, 0.25) is 0 Å². The van der Waals surface area contributed by atoms with Crippen LogP contribution < -0.4 is 0 Å². The largest absolute Gasteiger partial charge is 0.441 e. The summed E-state index contributed by atoms with van der Waals surface area (Å²) in [4.78, 5) is 26.7. The van der Waals surface area contributed by atoms with E-state index in [1.165, 1.54) is 17.0 Å². The molecule has 2 amide bonds. The molecule has 2 aliphatic rings. The van der Waals surface area contributed by atoms with Crippen LogP contribution in [-0.4, -0.2) is 71.2 Å². The lowest BCUT2D eigenvalue weighted by molar-refractivity contribution is -0.215. The lowest BCUT2D eigenvalue weighted by atomic mass is 9.91. The smallest absolute Gasteiger partial charge is 0.427 e. The van der Waals surface area contributed by atoms with E-state index in [0.717, 1.165) is 10.5 Å². The molecule has 0 bridgehead atoms. The number of halogens is 4. The van der Waals surface area contributed by atoms with Crippen LogP contribution in [0.15, 0.2) is 24.3 Å². The summed E-state index contributed by atoms with van der Waals surface area (Å²) < 4.78 is 60.8. The molecule has 1 spiro atoms. The summed E-state index contributed by atoms with van der Waals surface area (Å²) in [6.45, 7) is -0.772. The third kappa shape index (κ3) is 4.89. The zero-order valence-corrected chi connectivity index (χ0v) is 15.3. The number of hydrogen-bond donors (Lipinski definition) is 1. The number of hydrogen-bond acceptors (Lipinski definition) is 5. The third-order valence-corrected chi connectivity index (χ3v) is 5.03. The molecule has 7 nitrogen and oxygen atoms in total. The lowest BCUT2D eigenvalue weighted by Crippen LogP contribution is -2.50. The van der Waals surface area contributed by atoms with Crippen molar-refractivity contribution >= 4 is 12.2 Å². The number of rotatable bonds is 4. The van der Waals surface area contributed by atoms with Gasteiger partial charge in [-0.15, -0.1) is 0 Å². The van der Waals surface area contributed by atoms with E-state index < -0.39 is 36.7 Å². The van der Waals surface area contributed by atoms with Gasteiger partial charge in [-0.3, -0.25) is 4.90 Å². The quantitative estimate of drug-likeness (QED) is 0.758. The number of carbonyl (C=O) groups is 2. The predicted molar refractivity (Wildman–Crippen MR) is 90.2 cm³/mol. The Morgan fingerprint density at radius 2 is 1.86 bits per heavy atom. The van der Waals surface area contributed by atoms with Gasteiger partial charge in [0.25, 0.3) is 0 Å². The Morgan fingerprint density at radius 1 is 1.24 bits per heavy atom. The molecule has 0 aliphatic carbocycles. The monoisotopic (exact) mass is 420 g/mol. The first kappa shape index (κ1) is 21.2. The van der Waals surface area contributed by atoms with Gasteiger partial charge in [0.15, 0.2) is 0 Å². The number of benzene rings is 1. The maximum Gasteiger partial charge on any atom is 0.427 e. The van der Waals surface area contributed by atoms with Crippen molar-refractivity contribution in [3.63, 3.8) is 0 Å². The molecule has 0 unspecified atom stereocenters. The van der Waals surface area contributed by atoms with Crippen LogP contribution in [0.4, 0.5) is 27.2 Å². The molecule has 2 heterocycles. The minimum absolute atomic E-state index is 0.0481. The molecule has 1 aromatic rings. The van der Waals surface area contributed by atoms with Crippen molar-refractivity contribution in [2.45, 2.75) is 37.3 Å². The number of amides is 2. The topological polar surface area (TPSA) is 79.3 Å². The Hall–Kier alpha value is -2.56. The van der Waals surface area contributed by atoms with Crippen LogP contribution in [0.5, 0.6) is 0 Å². The van der Waals surface area contributed by atoms with E-state index in [0.29, 0.717) is 0 Å². The summed E-state index contributed by atoms with van der Waals surface area (Å²) in [6.07, 6.45) is -8.68. The average molecular weight is 420 g/mol. The Balaban J connectivity index is 1.55. The van der Waals surface area contributed by atoms with Gasteiger partial charge in [-0.2, -0.15) is 13.2 Å². The van der Waals surface area contributed by atoms with E-state index in [-0.39, 0.29) is 44.8 Å². The molecule has 0 radical (unpaired) electrons. The van der Waals surface area contributed by atoms with Crippen molar-refractivity contribution in [1.82, 2.24) is 9.80 Å². The van der Waals surface area contributed by atoms with E-state index in [4.69, 9.17) is 9.84 Å². The van der Waals surface area contributed by atoms with Gasteiger partial charge in [0.1, 0.15) is 11.4 Å². The van der Waals surface area contributed by atoms with Crippen LogP contribution in [0, 0.1) is 5.82 Å². The SMILES string of the molecule is O=C(O[C@H](CO)C(F)(F)F)N1CCC2(CC1)CN(Cc1ccc(F)cc1)C(=O)O2. The van der Waals surface area contributed by atoms with E-state index in [9.17, 15) is 27.2 Å². The minimum Gasteiger partial charge on any atom is -0.441 e. The van der Waals surface area contributed by atoms with Gasteiger partial charge in [0, 0.05) is 32.5 Å². The van der Waals surface area contributed by atoms with E-state index in [1.54, 1.807) is 12.1 Å². The van der Waals surface area contributed by atoms with Gasteiger partial charge in [-0.1, -0.05) is 12.1 Å². The molecule has 1 atom stereocenters. The number of ether oxygens (including phenoxy) is 2. The van der Waals surface area contributed by atoms with E-state index in [2.05, 4.69) is 4.74 Å². The summed E-state index contributed by atoms with van der Waals surface area (Å²) in [5, 5.41) is 8.77. The van der Waals surface area contributed by atoms with Crippen LogP contribution in [0.1, 0.15) is 18.4 Å². The zero-order valence-electron chi connectivity index (χ0n) is 15.3. The first-order chi connectivity index (χ1) is 13.6. The standard InChI is InChI=1S/C18H20F4N2O5/c19-13-3-1-12(2-4-13)9-24-11-17(29-16(24)27)5-7-23(8-6-17)15(26)28-14(10-25)18(20,21)22/h1-4,14,25H,5-11H2/t14-/m1/s1. The molecule has 2 saturated heterocycles. The summed E-state index contributed by atoms with van der Waals surface area (Å²) in [7, 11) is 0. The second-order valence-electron chi connectivity index (χ2n) is 7.12. The molecule has 1 N–H and O–H groups in total. The zero-order chi connectivity index (χ0) is 21.2. The molecule has 2 aliphatic heterocycles. The van der Waals surface area contributed by atoms with Crippen LogP contribution in [0.25, 0.3) is 0 Å². The number of aliphatic hydroxyl groups is 1. The maximum absolute atomic E-state index is 13.0. The Labute approximate surface area is 163 Å². The number of piperidine rings is 1. The molecule has 3 rings (SSSR count). The highest BCUT2D eigenvalue weighted by Gasteiger charge is 2.48. The van der Waals surface area contributed by atoms with Crippen LogP contribution in [0.3, 0.4) is 0 Å². The Kier molecular flexibility index (Phi) is 5.87. The first-order valence-corrected chi connectivity index (χ1v) is 8.97. The second kappa shape index (κ2) is 8.05. The van der Waals surface area contributed by atoms with Crippen molar-refractivity contribution in [3.05, 3.63) is 35.6 Å². The molecule has 2 fully saturated rings. The Bertz CT molecular complexity index is 748. The third-order valence-electron chi connectivity index (χ3n) is 5.03. The fourth-order valence-corrected chi connectivity index (χ4v) is 3.39. The van der Waals surface area contributed by atoms with Gasteiger partial charge in [-0.05, 0) is 17.7 Å². The summed E-state index contributed by atoms with van der Waals surface area (Å²) in [5.41, 5.74) is -0.113. The summed E-state index contributed by atoms with van der Waals surface area (Å²) >= 11 is 0. The van der Waals surface area contributed by atoms with Crippen molar-refractivity contribution < 1.29 is 41.7 Å². The van der Waals surface area contributed by atoms with Crippen molar-refractivity contribution in [1.29, 1.82) is 0 Å². The number of likely N-dealkylation sites (tertiary alicyclic amines) is 1. The normalized spacial score (nSPS) is 20.0. The number of aliphatic hydroxyl groups excluding tert-OH is 1. The van der Waals surface area contributed by atoms with Crippen LogP contribution >= 0.6 is 0 Å². The number of carbonyl (C=O) groups excluding carboxylic acids is 2. The average Bonchev–Trinajstić information content (AvgIpc) is 2.95. The van der Waals surface area contributed by atoms with Crippen LogP contribution in [-0.2, 0) is 16.0 Å². The highest BCUT2D eigenvalue weighted by molar-refractivity contribution is 5.71. The van der Waals surface area contributed by atoms with Gasteiger partial charge < -0.3 is 19.5 Å². The fraction of sp³-hybridized carbons (Fsp3) is 0.556. The van der Waals surface area contributed by atoms with Gasteiger partial charge >= 0.3 is 18.4 Å². The molecule has 1 aromatic carbocycles. The van der Waals surface area contributed by atoms with Gasteiger partial charge in [0.2, 0.25) is 6.10 Å². The van der Waals surface area contributed by atoms with Crippen molar-refractivity contribution in [3.8, 4) is 0 Å². The first-order valence-electron chi connectivity index (χ1n) is 8.97. The molecular formula is C18H20F4N2O5. The number of alkyl halides is 3. The Morgan fingerprint density at radius 3 is 2.41 bits per heavy atom. The highest BCUT2D eigenvalue weighted by Crippen LogP contribution is 2.34. The van der Waals surface area contributed by atoms with E-state index >= 15 is 0 Å². The van der Waals surface area contributed by atoms with Crippen molar-refractivity contribution in [2.24, 2.45) is 0 Å². The van der Waals surface area contributed by atoms with E-state index in [1.807, 2.05) is 0 Å². The predicted octanol–water partition coefficient (Wildman–Crippen LogP) is 2.67.